The second-order valence-electron chi connectivity index (χ2n) is 8.72. The van der Waals surface area contributed by atoms with Gasteiger partial charge in [-0.15, -0.1) is 0 Å². The molecular weight excluding hydrogens is 516 g/mol. The Morgan fingerprint density at radius 3 is 1.82 bits per heavy atom. The van der Waals surface area contributed by atoms with Crippen LogP contribution in [0.25, 0.3) is 12.2 Å². The van der Waals surface area contributed by atoms with Crippen molar-refractivity contribution in [3.63, 3.8) is 0 Å². The van der Waals surface area contributed by atoms with Crippen LogP contribution in [0.1, 0.15) is 24.0 Å². The number of phenols is 2. The lowest BCUT2D eigenvalue weighted by Gasteiger charge is -2.40. The molecule has 0 radical (unpaired) electrons. The first kappa shape index (κ1) is 29.0. The van der Waals surface area contributed by atoms with Crippen molar-refractivity contribution in [1.82, 2.24) is 0 Å². The number of aromatic hydroxyl groups is 2. The number of esters is 2. The summed E-state index contributed by atoms with van der Waals surface area (Å²) in [6.45, 7) is 0. The Balaban J connectivity index is 1.71. The molecule has 2 aromatic carbocycles. The van der Waals surface area contributed by atoms with Crippen molar-refractivity contribution in [2.75, 3.05) is 14.2 Å². The van der Waals surface area contributed by atoms with E-state index in [2.05, 4.69) is 0 Å². The maximum atomic E-state index is 12.5. The minimum Gasteiger partial charge on any atom is -0.504 e. The van der Waals surface area contributed by atoms with Crippen molar-refractivity contribution in [3.05, 3.63) is 59.7 Å². The molecule has 12 nitrogen and oxygen atoms in total. The maximum Gasteiger partial charge on any atom is 0.335 e. The van der Waals surface area contributed by atoms with E-state index in [1.54, 1.807) is 18.2 Å². The van der Waals surface area contributed by atoms with Crippen LogP contribution >= 0.6 is 0 Å². The maximum absolute atomic E-state index is 12.5. The molecule has 0 bridgehead atoms. The number of carbonyl (C=O) groups is 3. The van der Waals surface area contributed by atoms with Gasteiger partial charge < -0.3 is 44.5 Å². The number of phenolic OH excluding ortho intramolecular Hbond substituents is 2. The van der Waals surface area contributed by atoms with E-state index >= 15 is 0 Å². The highest BCUT2D eigenvalue weighted by Crippen LogP contribution is 2.34. The Hall–Kier alpha value is -4.55. The number of aliphatic carboxylic acids is 1. The summed E-state index contributed by atoms with van der Waals surface area (Å²) in [6, 6.07) is 8.66. The monoisotopic (exact) mass is 544 g/mol. The van der Waals surface area contributed by atoms with Crippen molar-refractivity contribution in [3.8, 4) is 23.0 Å². The van der Waals surface area contributed by atoms with Gasteiger partial charge in [0.25, 0.3) is 0 Å². The van der Waals surface area contributed by atoms with Crippen LogP contribution in [0.5, 0.6) is 23.0 Å². The summed E-state index contributed by atoms with van der Waals surface area (Å²) in [5.41, 5.74) is -1.56. The molecule has 12 heteroatoms. The molecule has 2 aromatic rings. The van der Waals surface area contributed by atoms with Gasteiger partial charge >= 0.3 is 17.9 Å². The highest BCUT2D eigenvalue weighted by Gasteiger charge is 2.52. The number of ether oxygens (including phenoxy) is 4. The molecule has 1 saturated carbocycles. The van der Waals surface area contributed by atoms with Crippen LogP contribution in [0.15, 0.2) is 48.6 Å². The average Bonchev–Trinajstić information content (AvgIpc) is 2.90. The van der Waals surface area contributed by atoms with E-state index < -0.39 is 60.4 Å². The number of aliphatic hydroxyl groups excluding tert-OH is 1. The zero-order chi connectivity index (χ0) is 28.7. The van der Waals surface area contributed by atoms with Crippen molar-refractivity contribution in [2.45, 2.75) is 36.8 Å². The summed E-state index contributed by atoms with van der Waals surface area (Å²) in [5, 5.41) is 49.7. The van der Waals surface area contributed by atoms with E-state index in [-0.39, 0.29) is 5.75 Å². The highest BCUT2D eigenvalue weighted by molar-refractivity contribution is 5.88. The van der Waals surface area contributed by atoms with E-state index in [1.165, 1.54) is 44.6 Å². The first-order chi connectivity index (χ1) is 18.4. The van der Waals surface area contributed by atoms with Gasteiger partial charge in [-0.25, -0.2) is 14.4 Å². The minimum absolute atomic E-state index is 0.335. The Morgan fingerprint density at radius 2 is 1.33 bits per heavy atom. The smallest absolute Gasteiger partial charge is 0.335 e. The third kappa shape index (κ3) is 7.27. The Bertz CT molecular complexity index is 1280. The fourth-order valence-corrected chi connectivity index (χ4v) is 3.93. The molecule has 208 valence electrons. The zero-order valence-electron chi connectivity index (χ0n) is 21.0. The molecule has 39 heavy (non-hydrogen) atoms. The minimum atomic E-state index is -2.45. The number of carboxylic acids is 1. The lowest BCUT2D eigenvalue weighted by atomic mass is 9.79. The standard InChI is InChI=1S/C27H28O12/c1-36-19-8-4-16(12-20(19)37-2)6-10-24(31)39-22-14-27(35,26(33)34)13-21(25(22)32)38-23(30)9-5-15-3-7-17(28)18(29)11-15/h3-12,21-22,25,28-29,32,35H,13-14H2,1-2H3,(H,33,34)/b9-5+,10-6+/t21-,22-,25?,27?/m0/s1. The Kier molecular flexibility index (Phi) is 9.17. The summed E-state index contributed by atoms with van der Waals surface area (Å²) in [5.74, 6) is -3.46. The zero-order valence-corrected chi connectivity index (χ0v) is 21.0. The molecule has 1 aliphatic carbocycles. The summed E-state index contributed by atoms with van der Waals surface area (Å²) >= 11 is 0. The van der Waals surface area contributed by atoms with Crippen LogP contribution in [-0.2, 0) is 23.9 Å². The number of carboxylic acid groups (broad SMARTS) is 1. The van der Waals surface area contributed by atoms with Crippen molar-refractivity contribution in [1.29, 1.82) is 0 Å². The topological polar surface area (TPSA) is 189 Å². The molecule has 4 atom stereocenters. The van der Waals surface area contributed by atoms with Gasteiger partial charge in [0.15, 0.2) is 28.6 Å². The predicted molar refractivity (Wildman–Crippen MR) is 135 cm³/mol. The molecule has 0 spiro atoms. The highest BCUT2D eigenvalue weighted by atomic mass is 16.6. The Labute approximate surface area is 222 Å². The molecule has 0 aromatic heterocycles. The van der Waals surface area contributed by atoms with Crippen LogP contribution in [-0.4, -0.2) is 81.6 Å². The van der Waals surface area contributed by atoms with E-state index in [1.807, 2.05) is 0 Å². The molecular formula is C27H28O12. The third-order valence-corrected chi connectivity index (χ3v) is 6.00. The molecule has 3 rings (SSSR count). The molecule has 2 unspecified atom stereocenters. The molecule has 0 aliphatic heterocycles. The van der Waals surface area contributed by atoms with Crippen molar-refractivity contribution in [2.24, 2.45) is 0 Å². The van der Waals surface area contributed by atoms with Gasteiger partial charge in [-0.1, -0.05) is 12.1 Å². The van der Waals surface area contributed by atoms with Crippen LogP contribution in [0, 0.1) is 0 Å². The van der Waals surface area contributed by atoms with Gasteiger partial charge in [0, 0.05) is 25.0 Å². The number of carbonyl (C=O) groups excluding carboxylic acids is 2. The SMILES string of the molecule is COc1ccc(/C=C/C(=O)O[C@H]2CC(O)(C(=O)O)C[C@H](OC(=O)/C=C/c3ccc(O)c(O)c3)C2O)cc1OC. The molecule has 5 N–H and O–H groups in total. The van der Waals surface area contributed by atoms with E-state index in [0.717, 1.165) is 12.2 Å². The van der Waals surface area contributed by atoms with Gasteiger partial charge in [-0.2, -0.15) is 0 Å². The third-order valence-electron chi connectivity index (χ3n) is 6.00. The van der Waals surface area contributed by atoms with Crippen LogP contribution < -0.4 is 9.47 Å². The first-order valence-electron chi connectivity index (χ1n) is 11.6. The van der Waals surface area contributed by atoms with Crippen LogP contribution in [0.4, 0.5) is 0 Å². The van der Waals surface area contributed by atoms with E-state index in [4.69, 9.17) is 18.9 Å². The van der Waals surface area contributed by atoms with Crippen molar-refractivity contribution < 1.29 is 58.9 Å². The number of aliphatic hydroxyl groups is 2. The van der Waals surface area contributed by atoms with Crippen LogP contribution in [0.3, 0.4) is 0 Å². The molecule has 1 aliphatic rings. The number of benzene rings is 2. The first-order valence-corrected chi connectivity index (χ1v) is 11.6. The quantitative estimate of drug-likeness (QED) is 0.175. The van der Waals surface area contributed by atoms with Crippen LogP contribution in [0.2, 0.25) is 0 Å². The molecule has 0 amide bonds. The second kappa shape index (κ2) is 12.3. The van der Waals surface area contributed by atoms with Gasteiger partial charge in [-0.3, -0.25) is 0 Å². The normalized spacial score (nSPS) is 22.9. The van der Waals surface area contributed by atoms with E-state index in [9.17, 15) is 39.9 Å². The number of methoxy groups -OCH3 is 2. The largest absolute Gasteiger partial charge is 0.504 e. The van der Waals surface area contributed by atoms with Gasteiger partial charge in [0.05, 0.1) is 14.2 Å². The van der Waals surface area contributed by atoms with E-state index in [0.29, 0.717) is 22.6 Å². The lowest BCUT2D eigenvalue weighted by molar-refractivity contribution is -0.203. The number of hydrogen-bond acceptors (Lipinski definition) is 11. The van der Waals surface area contributed by atoms with Gasteiger partial charge in [0.1, 0.15) is 18.3 Å². The molecule has 1 fully saturated rings. The van der Waals surface area contributed by atoms with Gasteiger partial charge in [0.2, 0.25) is 0 Å². The Morgan fingerprint density at radius 1 is 0.821 bits per heavy atom. The fraction of sp³-hybridized carbons (Fsp3) is 0.296. The second-order valence-corrected chi connectivity index (χ2v) is 8.72. The number of hydrogen-bond donors (Lipinski definition) is 5. The summed E-state index contributed by atoms with van der Waals surface area (Å²) < 4.78 is 20.7. The van der Waals surface area contributed by atoms with Gasteiger partial charge in [-0.05, 0) is 47.5 Å². The van der Waals surface area contributed by atoms with Crippen molar-refractivity contribution >= 4 is 30.1 Å². The number of rotatable bonds is 9. The fourth-order valence-electron chi connectivity index (χ4n) is 3.93. The lowest BCUT2D eigenvalue weighted by Crippen LogP contribution is -2.58. The summed E-state index contributed by atoms with van der Waals surface area (Å²) in [6.07, 6.45) is -1.36. The summed E-state index contributed by atoms with van der Waals surface area (Å²) in [7, 11) is 2.92. The average molecular weight is 545 g/mol. The summed E-state index contributed by atoms with van der Waals surface area (Å²) in [4.78, 5) is 36.5. The predicted octanol–water partition coefficient (Wildman–Crippen LogP) is 1.64. The molecule has 0 saturated heterocycles. The molecule has 0 heterocycles.